The summed E-state index contributed by atoms with van der Waals surface area (Å²) in [6.45, 7) is 3.70. The molecular weight excluding hydrogens is 728 g/mol. The minimum absolute atomic E-state index is 0.183. The number of aliphatic hydroxyl groups excluding tert-OH is 3. The molecule has 6 unspecified atom stereocenters. The van der Waals surface area contributed by atoms with Crippen LogP contribution in [0.1, 0.15) is 187 Å². The molecule has 1 aliphatic heterocycles. The number of carboxylic acids is 1. The Morgan fingerprint density at radius 3 is 1.56 bits per heavy atom. The molecule has 0 aromatic rings. The largest absolute Gasteiger partial charge is 0.479 e. The monoisotopic (exact) mass is 809 g/mol. The molecule has 1 heterocycles. The predicted octanol–water partition coefficient (Wildman–Crippen LogP) is 9.59. The van der Waals surface area contributed by atoms with Crippen LogP contribution >= 0.6 is 0 Å². The SMILES string of the molecule is CC/C=C\C/C=C\C/C=C\CCCCCCCCCC(=O)OCC(COC1OC(C(=O)O)C(O)C(O)C1O)OC(=O)CCCCCCCCCCCCCCCC. The van der Waals surface area contributed by atoms with Crippen molar-refractivity contribution in [3.05, 3.63) is 36.5 Å². The molecule has 0 aliphatic carbocycles. The maximum absolute atomic E-state index is 12.8. The molecule has 1 saturated heterocycles. The first kappa shape index (κ1) is 52.4. The lowest BCUT2D eigenvalue weighted by atomic mass is 9.99. The number of hydrogen-bond donors (Lipinski definition) is 4. The number of carbonyl (C=O) groups excluding carboxylic acids is 2. The van der Waals surface area contributed by atoms with Crippen LogP contribution in [0.25, 0.3) is 0 Å². The summed E-state index contributed by atoms with van der Waals surface area (Å²) in [5.41, 5.74) is 0. The summed E-state index contributed by atoms with van der Waals surface area (Å²) in [7, 11) is 0. The lowest BCUT2D eigenvalue weighted by Crippen LogP contribution is -2.60. The first-order chi connectivity index (χ1) is 27.7. The molecule has 11 heteroatoms. The van der Waals surface area contributed by atoms with E-state index in [1.807, 2.05) is 0 Å². The highest BCUT2D eigenvalue weighted by Crippen LogP contribution is 2.23. The zero-order chi connectivity index (χ0) is 41.8. The summed E-state index contributed by atoms with van der Waals surface area (Å²) >= 11 is 0. The molecule has 1 aliphatic rings. The van der Waals surface area contributed by atoms with Crippen LogP contribution in [0.15, 0.2) is 36.5 Å². The van der Waals surface area contributed by atoms with E-state index in [2.05, 4.69) is 50.3 Å². The number of rotatable bonds is 37. The van der Waals surface area contributed by atoms with E-state index in [-0.39, 0.29) is 19.4 Å². The Morgan fingerprint density at radius 2 is 1.04 bits per heavy atom. The van der Waals surface area contributed by atoms with Gasteiger partial charge in [0, 0.05) is 12.8 Å². The zero-order valence-electron chi connectivity index (χ0n) is 35.6. The van der Waals surface area contributed by atoms with Crippen molar-refractivity contribution < 1.29 is 53.8 Å². The first-order valence-electron chi connectivity index (χ1n) is 22.5. The molecule has 0 bridgehead atoms. The van der Waals surface area contributed by atoms with E-state index in [1.54, 1.807) is 0 Å². The van der Waals surface area contributed by atoms with E-state index in [4.69, 9.17) is 18.9 Å². The van der Waals surface area contributed by atoms with Gasteiger partial charge in [0.05, 0.1) is 6.61 Å². The van der Waals surface area contributed by atoms with Crippen LogP contribution in [0.2, 0.25) is 0 Å². The number of aliphatic carboxylic acids is 1. The van der Waals surface area contributed by atoms with Crippen molar-refractivity contribution in [2.24, 2.45) is 0 Å². The molecule has 4 N–H and O–H groups in total. The van der Waals surface area contributed by atoms with Gasteiger partial charge in [0.2, 0.25) is 0 Å². The van der Waals surface area contributed by atoms with Crippen molar-refractivity contribution in [3.63, 3.8) is 0 Å². The Morgan fingerprint density at radius 1 is 0.561 bits per heavy atom. The van der Waals surface area contributed by atoms with Gasteiger partial charge in [-0.1, -0.05) is 166 Å². The Hall–Kier alpha value is -2.57. The van der Waals surface area contributed by atoms with Crippen LogP contribution in [-0.4, -0.2) is 88.4 Å². The molecule has 0 aromatic heterocycles. The van der Waals surface area contributed by atoms with Gasteiger partial charge in [-0.15, -0.1) is 0 Å². The molecule has 0 saturated carbocycles. The molecule has 1 fully saturated rings. The lowest BCUT2D eigenvalue weighted by Gasteiger charge is -2.38. The predicted molar refractivity (Wildman–Crippen MR) is 225 cm³/mol. The van der Waals surface area contributed by atoms with E-state index in [0.29, 0.717) is 12.8 Å². The first-order valence-corrected chi connectivity index (χ1v) is 22.5. The van der Waals surface area contributed by atoms with Gasteiger partial charge in [-0.25, -0.2) is 4.79 Å². The van der Waals surface area contributed by atoms with Crippen LogP contribution in [0.4, 0.5) is 0 Å². The minimum Gasteiger partial charge on any atom is -0.479 e. The van der Waals surface area contributed by atoms with Gasteiger partial charge in [0.15, 0.2) is 18.5 Å². The van der Waals surface area contributed by atoms with Crippen LogP contribution in [0.5, 0.6) is 0 Å². The van der Waals surface area contributed by atoms with Crippen molar-refractivity contribution in [1.29, 1.82) is 0 Å². The van der Waals surface area contributed by atoms with E-state index in [0.717, 1.165) is 70.6 Å². The fourth-order valence-electron chi connectivity index (χ4n) is 6.72. The second-order valence-corrected chi connectivity index (χ2v) is 15.5. The van der Waals surface area contributed by atoms with Crippen molar-refractivity contribution in [2.75, 3.05) is 13.2 Å². The normalized spacial score (nSPS) is 20.5. The van der Waals surface area contributed by atoms with Gasteiger partial charge in [-0.2, -0.15) is 0 Å². The average molecular weight is 809 g/mol. The minimum atomic E-state index is -1.86. The van der Waals surface area contributed by atoms with Gasteiger partial charge in [-0.05, 0) is 44.9 Å². The van der Waals surface area contributed by atoms with Gasteiger partial charge >= 0.3 is 17.9 Å². The van der Waals surface area contributed by atoms with Crippen LogP contribution in [0.3, 0.4) is 0 Å². The number of ether oxygens (including phenoxy) is 4. The van der Waals surface area contributed by atoms with E-state index in [9.17, 15) is 34.8 Å². The number of esters is 2. The topological polar surface area (TPSA) is 169 Å². The van der Waals surface area contributed by atoms with Gasteiger partial charge in [0.1, 0.15) is 24.9 Å². The van der Waals surface area contributed by atoms with Crippen molar-refractivity contribution in [2.45, 2.75) is 224 Å². The number of hydrogen-bond acceptors (Lipinski definition) is 10. The maximum Gasteiger partial charge on any atom is 0.335 e. The van der Waals surface area contributed by atoms with E-state index < -0.39 is 61.3 Å². The number of carbonyl (C=O) groups is 3. The van der Waals surface area contributed by atoms with Gasteiger partial charge in [0.25, 0.3) is 0 Å². The van der Waals surface area contributed by atoms with E-state index in [1.165, 1.54) is 77.0 Å². The van der Waals surface area contributed by atoms with Gasteiger partial charge in [-0.3, -0.25) is 9.59 Å². The van der Waals surface area contributed by atoms with Crippen LogP contribution in [0, 0.1) is 0 Å². The summed E-state index contributed by atoms with van der Waals surface area (Å²) in [5, 5.41) is 39.8. The summed E-state index contributed by atoms with van der Waals surface area (Å²) in [6, 6.07) is 0. The Labute approximate surface area is 344 Å². The molecule has 1 rings (SSSR count). The highest BCUT2D eigenvalue weighted by atomic mass is 16.7. The molecule has 0 amide bonds. The van der Waals surface area contributed by atoms with E-state index >= 15 is 0 Å². The smallest absolute Gasteiger partial charge is 0.335 e. The second kappa shape index (κ2) is 36.5. The number of allylic oxidation sites excluding steroid dienone is 6. The molecule has 57 heavy (non-hydrogen) atoms. The molecule has 0 spiro atoms. The van der Waals surface area contributed by atoms with Gasteiger partial charge < -0.3 is 39.4 Å². The van der Waals surface area contributed by atoms with Crippen LogP contribution in [-0.2, 0) is 33.3 Å². The highest BCUT2D eigenvalue weighted by molar-refractivity contribution is 5.73. The summed E-state index contributed by atoms with van der Waals surface area (Å²) < 4.78 is 21.7. The van der Waals surface area contributed by atoms with Crippen molar-refractivity contribution in [1.82, 2.24) is 0 Å². The number of unbranched alkanes of at least 4 members (excludes halogenated alkanes) is 20. The zero-order valence-corrected chi connectivity index (χ0v) is 35.6. The molecule has 0 aromatic carbocycles. The Kier molecular flexibility index (Phi) is 33.6. The third-order valence-corrected chi connectivity index (χ3v) is 10.3. The number of aliphatic hydroxyl groups is 3. The number of carboxylic acid groups (broad SMARTS) is 1. The third-order valence-electron chi connectivity index (χ3n) is 10.3. The summed E-state index contributed by atoms with van der Waals surface area (Å²) in [5.74, 6) is -2.45. The summed E-state index contributed by atoms with van der Waals surface area (Å²) in [4.78, 5) is 36.8. The fraction of sp³-hybridized carbons (Fsp3) is 0.804. The maximum atomic E-state index is 12.8. The molecule has 330 valence electrons. The molecule has 6 atom stereocenters. The van der Waals surface area contributed by atoms with Crippen molar-refractivity contribution in [3.8, 4) is 0 Å². The van der Waals surface area contributed by atoms with Crippen molar-refractivity contribution >= 4 is 17.9 Å². The molecular formula is C46H80O11. The Bertz CT molecular complexity index is 1090. The van der Waals surface area contributed by atoms with Crippen LogP contribution < -0.4 is 0 Å². The highest BCUT2D eigenvalue weighted by Gasteiger charge is 2.47. The molecule has 11 nitrogen and oxygen atoms in total. The second-order valence-electron chi connectivity index (χ2n) is 15.5. The molecule has 0 radical (unpaired) electrons. The average Bonchev–Trinajstić information content (AvgIpc) is 3.19. The third kappa shape index (κ3) is 28.5. The lowest BCUT2D eigenvalue weighted by molar-refractivity contribution is -0.298. The fourth-order valence-corrected chi connectivity index (χ4v) is 6.72. The summed E-state index contributed by atoms with van der Waals surface area (Å²) in [6.07, 6.45) is 31.9. The Balaban J connectivity index is 2.36. The quantitative estimate of drug-likeness (QED) is 0.0268. The standard InChI is InChI=1S/C46H80O11/c1-3-5-7-9-11-13-15-17-19-20-21-23-24-26-28-30-32-34-39(47)54-36-38(37-55-46-43(51)41(49)42(50)44(57-46)45(52)53)56-40(48)35-33-31-29-27-25-22-18-16-14-12-10-8-6-4-2/h5,7,11,13,17,19,38,41-44,46,49-51H,3-4,6,8-10,12,14-16,18,20-37H2,1-2H3,(H,52,53)/b7-5-,13-11-,19-17-.